The van der Waals surface area contributed by atoms with Gasteiger partial charge in [-0.1, -0.05) is 0 Å². The number of primary amides is 1. The number of hydrogen-bond acceptors (Lipinski definition) is 2. The summed E-state index contributed by atoms with van der Waals surface area (Å²) in [6.45, 7) is 1.87. The summed E-state index contributed by atoms with van der Waals surface area (Å²) < 4.78 is 0. The molecule has 70 valence electrons. The van der Waals surface area contributed by atoms with E-state index in [1.807, 2.05) is 6.92 Å². The fourth-order valence-corrected chi connectivity index (χ4v) is 0.835. The van der Waals surface area contributed by atoms with Crippen LogP contribution in [0.1, 0.15) is 13.3 Å². The van der Waals surface area contributed by atoms with Crippen LogP contribution in [0.5, 0.6) is 0 Å². The van der Waals surface area contributed by atoms with E-state index in [2.05, 4.69) is 15.6 Å². The minimum Gasteiger partial charge on any atom is -0.370 e. The van der Waals surface area contributed by atoms with Crippen LogP contribution in [0.3, 0.4) is 0 Å². The van der Waals surface area contributed by atoms with Crippen LogP contribution in [0.15, 0.2) is 4.99 Å². The lowest BCUT2D eigenvalue weighted by Gasteiger charge is -2.14. The third-order valence-electron chi connectivity index (χ3n) is 1.35. The molecular weight excluding hydrogens is 156 g/mol. The van der Waals surface area contributed by atoms with Crippen molar-refractivity contribution in [3.05, 3.63) is 0 Å². The van der Waals surface area contributed by atoms with Gasteiger partial charge in [-0.15, -0.1) is 0 Å². The lowest BCUT2D eigenvalue weighted by atomic mass is 10.2. The fraction of sp³-hybridized carbons (Fsp3) is 0.714. The molecule has 0 spiro atoms. The van der Waals surface area contributed by atoms with Crippen LogP contribution in [0, 0.1) is 0 Å². The molecule has 4 N–H and O–H groups in total. The van der Waals surface area contributed by atoms with Crippen molar-refractivity contribution >= 4 is 11.9 Å². The normalized spacial score (nSPS) is 13.8. The van der Waals surface area contributed by atoms with E-state index in [9.17, 15) is 4.79 Å². The predicted molar refractivity (Wildman–Crippen MR) is 48.8 cm³/mol. The van der Waals surface area contributed by atoms with E-state index in [1.165, 1.54) is 0 Å². The van der Waals surface area contributed by atoms with Gasteiger partial charge in [0.2, 0.25) is 5.91 Å². The van der Waals surface area contributed by atoms with E-state index >= 15 is 0 Å². The van der Waals surface area contributed by atoms with Crippen LogP contribution >= 0.6 is 0 Å². The Morgan fingerprint density at radius 3 is 2.58 bits per heavy atom. The van der Waals surface area contributed by atoms with Gasteiger partial charge >= 0.3 is 0 Å². The van der Waals surface area contributed by atoms with Crippen molar-refractivity contribution in [1.82, 2.24) is 10.6 Å². The predicted octanol–water partition coefficient (Wildman–Crippen LogP) is -0.955. The van der Waals surface area contributed by atoms with E-state index < -0.39 is 0 Å². The molecule has 0 saturated carbocycles. The van der Waals surface area contributed by atoms with Gasteiger partial charge in [0.15, 0.2) is 5.96 Å². The summed E-state index contributed by atoms with van der Waals surface area (Å²) in [6, 6.07) is 0.00801. The fourth-order valence-electron chi connectivity index (χ4n) is 0.835. The zero-order chi connectivity index (χ0) is 9.56. The Hall–Kier alpha value is -1.26. The number of amides is 1. The average Bonchev–Trinajstić information content (AvgIpc) is 1.98. The molecule has 1 atom stereocenters. The molecule has 0 aliphatic rings. The Morgan fingerprint density at radius 1 is 1.67 bits per heavy atom. The monoisotopic (exact) mass is 172 g/mol. The standard InChI is InChI=1S/C7H16N4O/c1-5(4-6(8)12)11-7(9-2)10-3/h5H,4H2,1-3H3,(H2,8,12)(H2,9,10,11). The highest BCUT2D eigenvalue weighted by Crippen LogP contribution is 1.87. The van der Waals surface area contributed by atoms with Crippen molar-refractivity contribution < 1.29 is 4.79 Å². The largest absolute Gasteiger partial charge is 0.370 e. The van der Waals surface area contributed by atoms with Gasteiger partial charge in [0.05, 0.1) is 0 Å². The maximum Gasteiger partial charge on any atom is 0.219 e. The van der Waals surface area contributed by atoms with Crippen molar-refractivity contribution in [2.24, 2.45) is 10.7 Å². The van der Waals surface area contributed by atoms with Crippen LogP contribution in [-0.4, -0.2) is 32.0 Å². The summed E-state index contributed by atoms with van der Waals surface area (Å²) in [6.07, 6.45) is 0.306. The van der Waals surface area contributed by atoms with Gasteiger partial charge in [-0.25, -0.2) is 0 Å². The number of nitrogens with two attached hydrogens (primary N) is 1. The Bertz CT molecular complexity index is 178. The Balaban J connectivity index is 3.82. The average molecular weight is 172 g/mol. The smallest absolute Gasteiger partial charge is 0.219 e. The summed E-state index contributed by atoms with van der Waals surface area (Å²) in [5.74, 6) is 0.338. The first-order chi connectivity index (χ1) is 5.60. The molecule has 0 aliphatic carbocycles. The number of carbonyl (C=O) groups is 1. The summed E-state index contributed by atoms with van der Waals surface area (Å²) >= 11 is 0. The molecule has 5 nitrogen and oxygen atoms in total. The summed E-state index contributed by atoms with van der Waals surface area (Å²) in [7, 11) is 3.42. The number of hydrogen-bond donors (Lipinski definition) is 3. The maximum absolute atomic E-state index is 10.5. The third kappa shape index (κ3) is 4.54. The van der Waals surface area contributed by atoms with Gasteiger partial charge in [-0.2, -0.15) is 0 Å². The molecule has 0 bridgehead atoms. The molecule has 1 unspecified atom stereocenters. The van der Waals surface area contributed by atoms with E-state index in [-0.39, 0.29) is 11.9 Å². The van der Waals surface area contributed by atoms with Gasteiger partial charge < -0.3 is 16.4 Å². The second-order valence-corrected chi connectivity index (χ2v) is 2.54. The van der Waals surface area contributed by atoms with Gasteiger partial charge in [-0.05, 0) is 6.92 Å². The SMILES string of the molecule is CN=C(NC)NC(C)CC(N)=O. The minimum atomic E-state index is -0.318. The number of carbonyl (C=O) groups excluding carboxylic acids is 1. The molecule has 0 aromatic heterocycles. The molecule has 5 heteroatoms. The summed E-state index contributed by atoms with van der Waals surface area (Å²) in [5.41, 5.74) is 5.01. The zero-order valence-corrected chi connectivity index (χ0v) is 7.72. The number of nitrogens with one attached hydrogen (secondary N) is 2. The second kappa shape index (κ2) is 5.40. The van der Waals surface area contributed by atoms with Crippen molar-refractivity contribution in [1.29, 1.82) is 0 Å². The molecule has 12 heavy (non-hydrogen) atoms. The van der Waals surface area contributed by atoms with Gasteiger partial charge in [0.1, 0.15) is 0 Å². The van der Waals surface area contributed by atoms with Crippen molar-refractivity contribution in [2.75, 3.05) is 14.1 Å². The van der Waals surface area contributed by atoms with E-state index in [0.29, 0.717) is 12.4 Å². The van der Waals surface area contributed by atoms with Crippen LogP contribution in [-0.2, 0) is 4.79 Å². The molecule has 0 rings (SSSR count). The molecule has 0 aromatic rings. The highest BCUT2D eigenvalue weighted by molar-refractivity contribution is 5.81. The molecule has 0 saturated heterocycles. The van der Waals surface area contributed by atoms with Crippen molar-refractivity contribution in [3.8, 4) is 0 Å². The van der Waals surface area contributed by atoms with E-state index in [0.717, 1.165) is 0 Å². The Labute approximate surface area is 72.4 Å². The summed E-state index contributed by atoms with van der Waals surface area (Å²) in [5, 5.41) is 5.83. The minimum absolute atomic E-state index is 0.00801. The first-order valence-corrected chi connectivity index (χ1v) is 3.79. The number of guanidine groups is 1. The van der Waals surface area contributed by atoms with Crippen LogP contribution in [0.2, 0.25) is 0 Å². The second-order valence-electron chi connectivity index (χ2n) is 2.54. The molecule has 1 amide bonds. The van der Waals surface area contributed by atoms with Gasteiger partial charge in [0, 0.05) is 26.6 Å². The van der Waals surface area contributed by atoms with Crippen molar-refractivity contribution in [2.45, 2.75) is 19.4 Å². The van der Waals surface area contributed by atoms with Crippen molar-refractivity contribution in [3.63, 3.8) is 0 Å². The number of nitrogens with zero attached hydrogens (tertiary/aromatic N) is 1. The quantitative estimate of drug-likeness (QED) is 0.379. The van der Waals surface area contributed by atoms with E-state index in [4.69, 9.17) is 5.73 Å². The molecule has 0 radical (unpaired) electrons. The first kappa shape index (κ1) is 10.7. The van der Waals surface area contributed by atoms with Crippen LogP contribution < -0.4 is 16.4 Å². The molecule has 0 fully saturated rings. The highest BCUT2D eigenvalue weighted by Gasteiger charge is 2.06. The topological polar surface area (TPSA) is 79.5 Å². The molecule has 0 aromatic carbocycles. The van der Waals surface area contributed by atoms with Gasteiger partial charge in [0.25, 0.3) is 0 Å². The molecular formula is C7H16N4O. The Kier molecular flexibility index (Phi) is 4.83. The summed E-state index contributed by atoms with van der Waals surface area (Å²) in [4.78, 5) is 14.4. The third-order valence-corrected chi connectivity index (χ3v) is 1.35. The first-order valence-electron chi connectivity index (χ1n) is 3.79. The number of rotatable bonds is 3. The highest BCUT2D eigenvalue weighted by atomic mass is 16.1. The molecule has 0 aliphatic heterocycles. The van der Waals surface area contributed by atoms with E-state index in [1.54, 1.807) is 14.1 Å². The maximum atomic E-state index is 10.5. The number of aliphatic imine (C=N–C) groups is 1. The van der Waals surface area contributed by atoms with Gasteiger partial charge in [-0.3, -0.25) is 9.79 Å². The molecule has 0 heterocycles. The lowest BCUT2D eigenvalue weighted by molar-refractivity contribution is -0.118. The zero-order valence-electron chi connectivity index (χ0n) is 7.72. The van der Waals surface area contributed by atoms with Crippen LogP contribution in [0.25, 0.3) is 0 Å². The lowest BCUT2D eigenvalue weighted by Crippen LogP contribution is -2.42. The Morgan fingerprint density at radius 2 is 2.25 bits per heavy atom. The van der Waals surface area contributed by atoms with Crippen LogP contribution in [0.4, 0.5) is 0 Å².